The van der Waals surface area contributed by atoms with Crippen molar-refractivity contribution in [2.45, 2.75) is 31.9 Å². The Morgan fingerprint density at radius 2 is 1.67 bits per heavy atom. The Balaban J connectivity index is 1.56. The number of hydrogen-bond acceptors (Lipinski definition) is 3. The van der Waals surface area contributed by atoms with Crippen LogP contribution in [0.25, 0.3) is 0 Å². The van der Waals surface area contributed by atoms with Crippen LogP contribution in [0.15, 0.2) is 72.8 Å². The lowest BCUT2D eigenvalue weighted by molar-refractivity contribution is -0.140. The topological polar surface area (TPSA) is 57.6 Å². The van der Waals surface area contributed by atoms with E-state index in [-0.39, 0.29) is 5.78 Å². The van der Waals surface area contributed by atoms with E-state index in [1.54, 1.807) is 17.0 Å². The molecule has 0 saturated heterocycles. The molecule has 3 aromatic carbocycles. The highest BCUT2D eigenvalue weighted by atomic mass is 16.3. The molecule has 2 unspecified atom stereocenters. The van der Waals surface area contributed by atoms with E-state index in [4.69, 9.17) is 0 Å². The third kappa shape index (κ3) is 2.71. The molecule has 4 heteroatoms. The van der Waals surface area contributed by atoms with Gasteiger partial charge in [-0.05, 0) is 37.0 Å². The van der Waals surface area contributed by atoms with Crippen LogP contribution in [-0.4, -0.2) is 16.8 Å². The molecule has 3 aromatic rings. The maximum atomic E-state index is 13.6. The van der Waals surface area contributed by atoms with Gasteiger partial charge < -0.3 is 10.0 Å². The van der Waals surface area contributed by atoms with Gasteiger partial charge in [0, 0.05) is 11.1 Å². The van der Waals surface area contributed by atoms with Crippen molar-refractivity contribution in [2.75, 3.05) is 4.90 Å². The molecule has 4 nitrogen and oxygen atoms in total. The summed E-state index contributed by atoms with van der Waals surface area (Å²) in [4.78, 5) is 28.6. The van der Waals surface area contributed by atoms with Gasteiger partial charge in [-0.25, -0.2) is 0 Å². The number of aryl methyl sites for hydroxylation is 2. The minimum Gasteiger partial charge on any atom is -0.375 e. The van der Waals surface area contributed by atoms with Crippen LogP contribution in [0.3, 0.4) is 0 Å². The van der Waals surface area contributed by atoms with Crippen LogP contribution in [-0.2, 0) is 23.4 Å². The third-order valence-corrected chi connectivity index (χ3v) is 6.44. The first-order valence-electron chi connectivity index (χ1n) is 10.3. The summed E-state index contributed by atoms with van der Waals surface area (Å²) in [5, 5.41) is 11.8. The third-order valence-electron chi connectivity index (χ3n) is 6.44. The number of carbonyl (C=O) groups is 2. The average Bonchev–Trinajstić information content (AvgIpc) is 2.98. The fraction of sp³-hybridized carbons (Fsp3) is 0.231. The standard InChI is InChI=1S/C26H23NO3/c1-17-10-12-18(13-11-17)16-27-23-9-5-4-8-21(23)26(30,25(27)29)22-15-14-19-6-2-3-7-20(19)24(22)28/h2-13,22,30H,14-16H2,1H3. The van der Waals surface area contributed by atoms with Gasteiger partial charge in [0.2, 0.25) is 0 Å². The van der Waals surface area contributed by atoms with E-state index in [2.05, 4.69) is 0 Å². The molecule has 2 atom stereocenters. The summed E-state index contributed by atoms with van der Waals surface area (Å²) in [5.74, 6) is -1.36. The number of para-hydroxylation sites is 1. The summed E-state index contributed by atoms with van der Waals surface area (Å²) >= 11 is 0. The zero-order chi connectivity index (χ0) is 20.9. The van der Waals surface area contributed by atoms with Crippen molar-refractivity contribution in [3.63, 3.8) is 0 Å². The monoisotopic (exact) mass is 397 g/mol. The number of carbonyl (C=O) groups excluding carboxylic acids is 2. The number of anilines is 1. The van der Waals surface area contributed by atoms with Crippen LogP contribution in [0, 0.1) is 12.8 Å². The molecule has 0 fully saturated rings. The second-order valence-electron chi connectivity index (χ2n) is 8.27. The molecule has 0 saturated carbocycles. The van der Waals surface area contributed by atoms with Crippen LogP contribution in [0.4, 0.5) is 5.69 Å². The highest BCUT2D eigenvalue weighted by Gasteiger charge is 2.57. The van der Waals surface area contributed by atoms with E-state index >= 15 is 0 Å². The molecule has 1 aliphatic heterocycles. The zero-order valence-electron chi connectivity index (χ0n) is 16.8. The van der Waals surface area contributed by atoms with Crippen LogP contribution in [0.2, 0.25) is 0 Å². The molecule has 1 amide bonds. The predicted molar refractivity (Wildman–Crippen MR) is 115 cm³/mol. The number of nitrogens with zero attached hydrogens (tertiary/aromatic N) is 1. The smallest absolute Gasteiger partial charge is 0.264 e. The Labute approximate surface area is 175 Å². The Morgan fingerprint density at radius 3 is 2.47 bits per heavy atom. The molecule has 2 aliphatic rings. The summed E-state index contributed by atoms with van der Waals surface area (Å²) in [6.07, 6.45) is 1.12. The normalized spacial score (nSPS) is 22.7. The lowest BCUT2D eigenvalue weighted by Crippen LogP contribution is -2.49. The first-order chi connectivity index (χ1) is 14.5. The number of hydrogen-bond donors (Lipinski definition) is 1. The first-order valence-corrected chi connectivity index (χ1v) is 10.3. The predicted octanol–water partition coefficient (Wildman–Crippen LogP) is 4.17. The number of aliphatic hydroxyl groups is 1. The van der Waals surface area contributed by atoms with Crippen LogP contribution < -0.4 is 4.90 Å². The molecule has 1 aliphatic carbocycles. The highest BCUT2D eigenvalue weighted by Crippen LogP contribution is 2.48. The average molecular weight is 397 g/mol. The molecule has 0 radical (unpaired) electrons. The molecule has 0 aromatic heterocycles. The maximum Gasteiger partial charge on any atom is 0.264 e. The van der Waals surface area contributed by atoms with E-state index < -0.39 is 17.4 Å². The van der Waals surface area contributed by atoms with E-state index in [0.29, 0.717) is 36.2 Å². The van der Waals surface area contributed by atoms with Crippen LogP contribution >= 0.6 is 0 Å². The quantitative estimate of drug-likeness (QED) is 0.722. The maximum absolute atomic E-state index is 13.6. The minimum absolute atomic E-state index is 0.153. The van der Waals surface area contributed by atoms with Crippen molar-refractivity contribution in [3.8, 4) is 0 Å². The molecule has 150 valence electrons. The van der Waals surface area contributed by atoms with Crippen molar-refractivity contribution in [1.82, 2.24) is 0 Å². The summed E-state index contributed by atoms with van der Waals surface area (Å²) in [6, 6.07) is 22.8. The summed E-state index contributed by atoms with van der Waals surface area (Å²) in [5.41, 5.74) is 3.09. The second-order valence-corrected chi connectivity index (χ2v) is 8.27. The van der Waals surface area contributed by atoms with Gasteiger partial charge in [0.1, 0.15) is 0 Å². The van der Waals surface area contributed by atoms with Crippen molar-refractivity contribution < 1.29 is 14.7 Å². The molecule has 30 heavy (non-hydrogen) atoms. The lowest BCUT2D eigenvalue weighted by Gasteiger charge is -2.34. The molecule has 1 N–H and O–H groups in total. The van der Waals surface area contributed by atoms with Gasteiger partial charge in [-0.15, -0.1) is 0 Å². The van der Waals surface area contributed by atoms with Crippen molar-refractivity contribution in [3.05, 3.63) is 101 Å². The first kappa shape index (κ1) is 18.8. The van der Waals surface area contributed by atoms with Gasteiger partial charge >= 0.3 is 0 Å². The van der Waals surface area contributed by atoms with Crippen molar-refractivity contribution in [2.24, 2.45) is 5.92 Å². The van der Waals surface area contributed by atoms with Gasteiger partial charge in [-0.1, -0.05) is 72.3 Å². The van der Waals surface area contributed by atoms with E-state index in [1.807, 2.05) is 67.6 Å². The summed E-state index contributed by atoms with van der Waals surface area (Å²) in [6.45, 7) is 2.38. The SMILES string of the molecule is Cc1ccc(CN2C(=O)C(O)(C3CCc4ccccc4C3=O)c3ccccc32)cc1. The fourth-order valence-electron chi connectivity index (χ4n) is 4.83. The molecule has 1 heterocycles. The molecular weight excluding hydrogens is 374 g/mol. The molecule has 0 spiro atoms. The summed E-state index contributed by atoms with van der Waals surface area (Å²) in [7, 11) is 0. The second kappa shape index (κ2) is 6.92. The highest BCUT2D eigenvalue weighted by molar-refractivity contribution is 6.12. The lowest BCUT2D eigenvalue weighted by atomic mass is 9.71. The van der Waals surface area contributed by atoms with Crippen LogP contribution in [0.1, 0.15) is 39.0 Å². The van der Waals surface area contributed by atoms with Gasteiger partial charge in [0.25, 0.3) is 5.91 Å². The van der Waals surface area contributed by atoms with Gasteiger partial charge in [0.15, 0.2) is 11.4 Å². The van der Waals surface area contributed by atoms with Crippen LogP contribution in [0.5, 0.6) is 0 Å². The Kier molecular flexibility index (Phi) is 4.33. The zero-order valence-corrected chi connectivity index (χ0v) is 16.8. The van der Waals surface area contributed by atoms with E-state index in [1.165, 1.54) is 0 Å². The number of rotatable bonds is 3. The largest absolute Gasteiger partial charge is 0.375 e. The number of ketones is 1. The van der Waals surface area contributed by atoms with Crippen molar-refractivity contribution >= 4 is 17.4 Å². The molecule has 0 bridgehead atoms. The molecular formula is C26H23NO3. The van der Waals surface area contributed by atoms with Gasteiger partial charge in [-0.3, -0.25) is 9.59 Å². The Morgan fingerprint density at radius 1 is 0.967 bits per heavy atom. The van der Waals surface area contributed by atoms with Gasteiger partial charge in [-0.2, -0.15) is 0 Å². The number of amides is 1. The van der Waals surface area contributed by atoms with Gasteiger partial charge in [0.05, 0.1) is 18.2 Å². The Bertz CT molecular complexity index is 1150. The minimum atomic E-state index is -1.84. The number of Topliss-reactive ketones (excluding diaryl/α,β-unsaturated/α-hetero) is 1. The molecule has 5 rings (SSSR count). The van der Waals surface area contributed by atoms with E-state index in [9.17, 15) is 14.7 Å². The van der Waals surface area contributed by atoms with Crippen molar-refractivity contribution in [1.29, 1.82) is 0 Å². The fourth-order valence-corrected chi connectivity index (χ4v) is 4.83. The van der Waals surface area contributed by atoms with E-state index in [0.717, 1.165) is 16.7 Å². The number of fused-ring (bicyclic) bond motifs is 2. The number of benzene rings is 3. The summed E-state index contributed by atoms with van der Waals surface area (Å²) < 4.78 is 0. The Hall–Kier alpha value is -3.24.